The van der Waals surface area contributed by atoms with Gasteiger partial charge in [-0.3, -0.25) is 0 Å². The molecule has 1 atom stereocenters. The van der Waals surface area contributed by atoms with Crippen molar-refractivity contribution in [1.82, 2.24) is 5.32 Å². The number of phenols is 1. The minimum absolute atomic E-state index is 0.176. The lowest BCUT2D eigenvalue weighted by Gasteiger charge is -2.08. The summed E-state index contributed by atoms with van der Waals surface area (Å²) in [6, 6.07) is 6.29. The monoisotopic (exact) mass is 165 g/mol. The Kier molecular flexibility index (Phi) is 2.82. The van der Waals surface area contributed by atoms with Gasteiger partial charge in [0.2, 0.25) is 0 Å². The first-order valence-corrected chi connectivity index (χ1v) is 3.69. The lowest BCUT2D eigenvalue weighted by molar-refractivity contribution is -0.109. The van der Waals surface area contributed by atoms with E-state index in [9.17, 15) is 4.79 Å². The van der Waals surface area contributed by atoms with Crippen molar-refractivity contribution in [2.45, 2.75) is 6.04 Å². The van der Waals surface area contributed by atoms with Crippen molar-refractivity contribution >= 4 is 6.29 Å². The summed E-state index contributed by atoms with van der Waals surface area (Å²) in [6.45, 7) is 0. The fourth-order valence-electron chi connectivity index (χ4n) is 1.03. The van der Waals surface area contributed by atoms with Crippen molar-refractivity contribution in [3.05, 3.63) is 29.8 Å². The van der Waals surface area contributed by atoms with Gasteiger partial charge >= 0.3 is 0 Å². The fourth-order valence-corrected chi connectivity index (χ4v) is 1.03. The van der Waals surface area contributed by atoms with Gasteiger partial charge in [0.05, 0.1) is 6.04 Å². The Morgan fingerprint density at radius 3 is 2.83 bits per heavy atom. The molecule has 0 spiro atoms. The first kappa shape index (κ1) is 8.74. The highest BCUT2D eigenvalue weighted by molar-refractivity contribution is 5.61. The van der Waals surface area contributed by atoms with Gasteiger partial charge in [0.1, 0.15) is 12.0 Å². The van der Waals surface area contributed by atoms with E-state index in [4.69, 9.17) is 5.11 Å². The zero-order valence-electron chi connectivity index (χ0n) is 6.82. The van der Waals surface area contributed by atoms with Crippen LogP contribution in [0.1, 0.15) is 11.6 Å². The summed E-state index contributed by atoms with van der Waals surface area (Å²) in [5.74, 6) is 0.176. The highest BCUT2D eigenvalue weighted by atomic mass is 16.3. The average Bonchev–Trinajstić information content (AvgIpc) is 2.07. The molecule has 0 fully saturated rings. The van der Waals surface area contributed by atoms with Crippen LogP contribution in [0, 0.1) is 0 Å². The second-order valence-electron chi connectivity index (χ2n) is 2.50. The quantitative estimate of drug-likeness (QED) is 0.653. The first-order chi connectivity index (χ1) is 5.77. The van der Waals surface area contributed by atoms with Gasteiger partial charge in [-0.1, -0.05) is 12.1 Å². The maximum Gasteiger partial charge on any atom is 0.141 e. The number of phenolic OH excluding ortho intramolecular Hbond substituents is 1. The number of nitrogens with one attached hydrogen (secondary N) is 1. The van der Waals surface area contributed by atoms with Crippen LogP contribution in [-0.4, -0.2) is 18.4 Å². The van der Waals surface area contributed by atoms with Crippen LogP contribution < -0.4 is 5.32 Å². The minimum atomic E-state index is -0.336. The molecule has 1 aromatic rings. The molecule has 0 radical (unpaired) electrons. The summed E-state index contributed by atoms with van der Waals surface area (Å²) in [4.78, 5) is 10.5. The van der Waals surface area contributed by atoms with Crippen LogP contribution in [0.15, 0.2) is 24.3 Å². The highest BCUT2D eigenvalue weighted by Crippen LogP contribution is 2.16. The first-order valence-electron chi connectivity index (χ1n) is 3.69. The van der Waals surface area contributed by atoms with Crippen molar-refractivity contribution in [2.75, 3.05) is 7.05 Å². The number of likely N-dealkylation sites (N-methyl/N-ethyl adjacent to an activating group) is 1. The molecule has 0 unspecified atom stereocenters. The molecule has 1 rings (SSSR count). The van der Waals surface area contributed by atoms with E-state index >= 15 is 0 Å². The standard InChI is InChI=1S/C9H11NO2/c1-10-9(6-11)7-3-2-4-8(12)5-7/h2-6,9-10,12H,1H3/t9-/m1/s1. The molecule has 0 saturated carbocycles. The Balaban J connectivity index is 2.93. The molecule has 1 aromatic carbocycles. The van der Waals surface area contributed by atoms with Gasteiger partial charge < -0.3 is 15.2 Å². The van der Waals surface area contributed by atoms with E-state index in [2.05, 4.69) is 5.32 Å². The molecule has 0 aromatic heterocycles. The van der Waals surface area contributed by atoms with Gasteiger partial charge in [0.15, 0.2) is 0 Å². The van der Waals surface area contributed by atoms with Crippen LogP contribution in [0.25, 0.3) is 0 Å². The number of aldehydes is 1. The highest BCUT2D eigenvalue weighted by Gasteiger charge is 2.06. The molecule has 0 aliphatic carbocycles. The number of hydrogen-bond donors (Lipinski definition) is 2. The maximum atomic E-state index is 10.5. The van der Waals surface area contributed by atoms with Crippen molar-refractivity contribution < 1.29 is 9.90 Å². The second-order valence-corrected chi connectivity index (χ2v) is 2.50. The van der Waals surface area contributed by atoms with Gasteiger partial charge in [-0.05, 0) is 24.7 Å². The Morgan fingerprint density at radius 2 is 2.33 bits per heavy atom. The van der Waals surface area contributed by atoms with Crippen molar-refractivity contribution in [2.24, 2.45) is 0 Å². The predicted molar refractivity (Wildman–Crippen MR) is 46.0 cm³/mol. The zero-order valence-corrected chi connectivity index (χ0v) is 6.82. The molecule has 0 aliphatic rings. The Labute approximate surface area is 71.0 Å². The third kappa shape index (κ3) is 1.83. The maximum absolute atomic E-state index is 10.5. The average molecular weight is 165 g/mol. The van der Waals surface area contributed by atoms with Gasteiger partial charge in [0.25, 0.3) is 0 Å². The summed E-state index contributed by atoms with van der Waals surface area (Å²) in [7, 11) is 1.70. The summed E-state index contributed by atoms with van der Waals surface area (Å²) in [5.41, 5.74) is 0.771. The number of aromatic hydroxyl groups is 1. The van der Waals surface area contributed by atoms with Crippen LogP contribution in [0.2, 0.25) is 0 Å². The van der Waals surface area contributed by atoms with E-state index in [-0.39, 0.29) is 11.8 Å². The number of hydrogen-bond acceptors (Lipinski definition) is 3. The molecular weight excluding hydrogens is 154 g/mol. The van der Waals surface area contributed by atoms with Crippen LogP contribution in [0.5, 0.6) is 5.75 Å². The largest absolute Gasteiger partial charge is 0.508 e. The third-order valence-corrected chi connectivity index (χ3v) is 1.68. The van der Waals surface area contributed by atoms with Gasteiger partial charge in [-0.15, -0.1) is 0 Å². The lowest BCUT2D eigenvalue weighted by Crippen LogP contribution is -2.17. The Hall–Kier alpha value is -1.35. The summed E-state index contributed by atoms with van der Waals surface area (Å²) < 4.78 is 0. The van der Waals surface area contributed by atoms with Gasteiger partial charge in [0, 0.05) is 0 Å². The second kappa shape index (κ2) is 3.88. The van der Waals surface area contributed by atoms with Crippen molar-refractivity contribution in [1.29, 1.82) is 0 Å². The SMILES string of the molecule is CN[C@H](C=O)c1cccc(O)c1. The topological polar surface area (TPSA) is 49.3 Å². The van der Waals surface area contributed by atoms with E-state index in [1.807, 2.05) is 0 Å². The van der Waals surface area contributed by atoms with E-state index in [1.165, 1.54) is 0 Å². The fraction of sp³-hybridized carbons (Fsp3) is 0.222. The summed E-state index contributed by atoms with van der Waals surface area (Å²) >= 11 is 0. The smallest absolute Gasteiger partial charge is 0.141 e. The van der Waals surface area contributed by atoms with Crippen molar-refractivity contribution in [3.63, 3.8) is 0 Å². The predicted octanol–water partition coefficient (Wildman–Crippen LogP) is 0.852. The Morgan fingerprint density at radius 1 is 1.58 bits per heavy atom. The molecule has 0 heterocycles. The molecule has 2 N–H and O–H groups in total. The Bertz CT molecular complexity index is 273. The normalized spacial score (nSPS) is 12.4. The van der Waals surface area contributed by atoms with Gasteiger partial charge in [-0.25, -0.2) is 0 Å². The summed E-state index contributed by atoms with van der Waals surface area (Å²) in [5, 5.41) is 11.9. The zero-order chi connectivity index (χ0) is 8.97. The molecular formula is C9H11NO2. The van der Waals surface area contributed by atoms with Gasteiger partial charge in [-0.2, -0.15) is 0 Å². The van der Waals surface area contributed by atoms with Crippen molar-refractivity contribution in [3.8, 4) is 5.75 Å². The molecule has 0 aliphatic heterocycles. The number of carbonyl (C=O) groups excluding carboxylic acids is 1. The minimum Gasteiger partial charge on any atom is -0.508 e. The third-order valence-electron chi connectivity index (χ3n) is 1.68. The van der Waals surface area contributed by atoms with E-state index in [1.54, 1.807) is 31.3 Å². The number of carbonyl (C=O) groups is 1. The summed E-state index contributed by atoms with van der Waals surface area (Å²) in [6.07, 6.45) is 0.800. The van der Waals surface area contributed by atoms with E-state index in [0.29, 0.717) is 0 Å². The lowest BCUT2D eigenvalue weighted by atomic mass is 10.1. The van der Waals surface area contributed by atoms with Crippen LogP contribution >= 0.6 is 0 Å². The molecule has 3 nitrogen and oxygen atoms in total. The van der Waals surface area contributed by atoms with E-state index < -0.39 is 0 Å². The molecule has 0 bridgehead atoms. The number of benzene rings is 1. The van der Waals surface area contributed by atoms with Crippen LogP contribution in [0.3, 0.4) is 0 Å². The molecule has 12 heavy (non-hydrogen) atoms. The molecule has 0 amide bonds. The van der Waals surface area contributed by atoms with E-state index in [0.717, 1.165) is 11.8 Å². The molecule has 64 valence electrons. The molecule has 3 heteroatoms. The number of rotatable bonds is 3. The van der Waals surface area contributed by atoms with Crippen LogP contribution in [0.4, 0.5) is 0 Å². The van der Waals surface area contributed by atoms with Crippen LogP contribution in [-0.2, 0) is 4.79 Å². The molecule has 0 saturated heterocycles.